The fourth-order valence-corrected chi connectivity index (χ4v) is 2.83. The van der Waals surface area contributed by atoms with E-state index >= 15 is 0 Å². The summed E-state index contributed by atoms with van der Waals surface area (Å²) in [6.07, 6.45) is 0. The van der Waals surface area contributed by atoms with Crippen molar-refractivity contribution in [3.8, 4) is 11.5 Å². The smallest absolute Gasteiger partial charge is 0.256 e. The number of benzene rings is 1. The van der Waals surface area contributed by atoms with Crippen molar-refractivity contribution in [2.45, 2.75) is 31.2 Å². The summed E-state index contributed by atoms with van der Waals surface area (Å²) in [5, 5.41) is 0.201. The highest BCUT2D eigenvalue weighted by Crippen LogP contribution is 2.31. The Hall–Kier alpha value is -1.95. The topological polar surface area (TPSA) is 61.6 Å². The van der Waals surface area contributed by atoms with Crippen LogP contribution < -0.4 is 9.47 Å². The molecule has 1 aromatic heterocycles. The van der Waals surface area contributed by atoms with Crippen LogP contribution >= 0.6 is 11.8 Å². The summed E-state index contributed by atoms with van der Waals surface area (Å²) in [6, 6.07) is 5.14. The third kappa shape index (κ3) is 3.44. The van der Waals surface area contributed by atoms with Crippen LogP contribution in [0.15, 0.2) is 27.8 Å². The lowest BCUT2D eigenvalue weighted by atomic mass is 10.1. The minimum absolute atomic E-state index is 0.0144. The molecule has 0 aliphatic heterocycles. The molecule has 1 aromatic carbocycles. The normalized spacial score (nSPS) is 12.0. The molecular formula is C16H19NO4S. The maximum absolute atomic E-state index is 12.5. The Morgan fingerprint density at radius 1 is 1.23 bits per heavy atom. The van der Waals surface area contributed by atoms with E-state index in [1.165, 1.54) is 11.8 Å². The molecule has 6 heteroatoms. The Kier molecular flexibility index (Phi) is 5.13. The zero-order valence-electron chi connectivity index (χ0n) is 13.3. The van der Waals surface area contributed by atoms with Crippen molar-refractivity contribution in [1.82, 2.24) is 4.98 Å². The van der Waals surface area contributed by atoms with E-state index in [0.29, 0.717) is 22.3 Å². The molecule has 0 aliphatic carbocycles. The summed E-state index contributed by atoms with van der Waals surface area (Å²) in [4.78, 5) is 16.8. The van der Waals surface area contributed by atoms with Gasteiger partial charge in [-0.15, -0.1) is 0 Å². The number of thioether (sulfide) groups is 1. The van der Waals surface area contributed by atoms with Crippen molar-refractivity contribution in [2.24, 2.45) is 0 Å². The summed E-state index contributed by atoms with van der Waals surface area (Å²) in [7, 11) is 3.10. The number of Topliss-reactive ketones (excluding diaryl/α,β-unsaturated/α-hetero) is 1. The predicted octanol–water partition coefficient (Wildman–Crippen LogP) is 3.67. The highest BCUT2D eigenvalue weighted by Gasteiger charge is 2.21. The van der Waals surface area contributed by atoms with Crippen molar-refractivity contribution in [3.05, 3.63) is 35.2 Å². The van der Waals surface area contributed by atoms with Crippen LogP contribution in [-0.2, 0) is 0 Å². The molecule has 0 saturated heterocycles. The first-order chi connectivity index (χ1) is 10.5. The van der Waals surface area contributed by atoms with Gasteiger partial charge in [0.25, 0.3) is 5.22 Å². The molecule has 118 valence electrons. The van der Waals surface area contributed by atoms with Crippen LogP contribution in [0.3, 0.4) is 0 Å². The number of carbonyl (C=O) groups excluding carboxylic acids is 1. The van der Waals surface area contributed by atoms with E-state index in [4.69, 9.17) is 13.9 Å². The number of aryl methyl sites for hydroxylation is 2. The molecule has 0 unspecified atom stereocenters. The molecule has 0 spiro atoms. The Morgan fingerprint density at radius 2 is 1.91 bits per heavy atom. The van der Waals surface area contributed by atoms with Crippen LogP contribution in [0.5, 0.6) is 11.5 Å². The summed E-state index contributed by atoms with van der Waals surface area (Å²) in [5.41, 5.74) is 1.41. The van der Waals surface area contributed by atoms with Gasteiger partial charge < -0.3 is 13.9 Å². The molecular weight excluding hydrogens is 302 g/mol. The monoisotopic (exact) mass is 321 g/mol. The quantitative estimate of drug-likeness (QED) is 0.597. The molecule has 2 aromatic rings. The molecule has 22 heavy (non-hydrogen) atoms. The Labute approximate surface area is 134 Å². The molecule has 1 atom stereocenters. The van der Waals surface area contributed by atoms with Gasteiger partial charge in [-0.2, -0.15) is 0 Å². The van der Waals surface area contributed by atoms with Crippen molar-refractivity contribution >= 4 is 17.5 Å². The van der Waals surface area contributed by atoms with Crippen LogP contribution in [-0.4, -0.2) is 30.2 Å². The van der Waals surface area contributed by atoms with Gasteiger partial charge in [0.2, 0.25) is 0 Å². The van der Waals surface area contributed by atoms with E-state index in [-0.39, 0.29) is 11.0 Å². The number of carbonyl (C=O) groups is 1. The fourth-order valence-electron chi connectivity index (χ4n) is 1.92. The van der Waals surface area contributed by atoms with Crippen LogP contribution in [0.2, 0.25) is 0 Å². The van der Waals surface area contributed by atoms with E-state index in [0.717, 1.165) is 11.5 Å². The van der Waals surface area contributed by atoms with Crippen molar-refractivity contribution < 1.29 is 18.7 Å². The van der Waals surface area contributed by atoms with Crippen LogP contribution in [0.25, 0.3) is 0 Å². The maximum Gasteiger partial charge on any atom is 0.256 e. The first-order valence-electron chi connectivity index (χ1n) is 6.83. The predicted molar refractivity (Wildman–Crippen MR) is 85.2 cm³/mol. The van der Waals surface area contributed by atoms with Crippen LogP contribution in [0.1, 0.15) is 28.7 Å². The van der Waals surface area contributed by atoms with Gasteiger partial charge in [0.05, 0.1) is 25.2 Å². The lowest BCUT2D eigenvalue weighted by molar-refractivity contribution is 0.0993. The number of ketones is 1. The first kappa shape index (κ1) is 16.4. The van der Waals surface area contributed by atoms with Crippen molar-refractivity contribution in [3.63, 3.8) is 0 Å². The second kappa shape index (κ2) is 6.87. The minimum atomic E-state index is -0.310. The van der Waals surface area contributed by atoms with E-state index < -0.39 is 0 Å². The summed E-state index contributed by atoms with van der Waals surface area (Å²) in [6.45, 7) is 5.56. The number of aromatic nitrogens is 1. The third-order valence-electron chi connectivity index (χ3n) is 3.32. The number of ether oxygens (including phenoxy) is 2. The van der Waals surface area contributed by atoms with E-state index in [9.17, 15) is 4.79 Å². The van der Waals surface area contributed by atoms with Gasteiger partial charge in [-0.3, -0.25) is 4.79 Å². The number of methoxy groups -OCH3 is 2. The Bertz CT molecular complexity index is 661. The second-order valence-electron chi connectivity index (χ2n) is 4.82. The standard InChI is InChI=1S/C16H19NO4S/c1-9-10(2)21-16(17-9)22-11(3)15(18)12-6-7-13(19-4)14(8-12)20-5/h6-8,11H,1-5H3/t11-/m1/s1. The number of nitrogens with zero attached hydrogens (tertiary/aromatic N) is 1. The molecule has 2 rings (SSSR count). The SMILES string of the molecule is COc1ccc(C(=O)[C@@H](C)Sc2nc(C)c(C)o2)cc1OC. The van der Waals surface area contributed by atoms with Gasteiger partial charge in [0, 0.05) is 5.56 Å². The van der Waals surface area contributed by atoms with Crippen molar-refractivity contribution in [2.75, 3.05) is 14.2 Å². The maximum atomic E-state index is 12.5. The highest BCUT2D eigenvalue weighted by atomic mass is 32.2. The van der Waals surface area contributed by atoms with Gasteiger partial charge in [-0.05, 0) is 39.0 Å². The summed E-state index contributed by atoms with van der Waals surface area (Å²) >= 11 is 1.31. The second-order valence-corrected chi connectivity index (χ2v) is 6.11. The molecule has 0 aliphatic rings. The van der Waals surface area contributed by atoms with Gasteiger partial charge in [0.15, 0.2) is 17.3 Å². The minimum Gasteiger partial charge on any atom is -0.493 e. The first-order valence-corrected chi connectivity index (χ1v) is 7.71. The van der Waals surface area contributed by atoms with Gasteiger partial charge in [-0.25, -0.2) is 4.98 Å². The zero-order valence-corrected chi connectivity index (χ0v) is 14.1. The van der Waals surface area contributed by atoms with Gasteiger partial charge in [-0.1, -0.05) is 11.8 Å². The lowest BCUT2D eigenvalue weighted by Crippen LogP contribution is -2.13. The number of hydrogen-bond acceptors (Lipinski definition) is 6. The molecule has 0 amide bonds. The van der Waals surface area contributed by atoms with E-state index in [1.54, 1.807) is 32.4 Å². The molecule has 0 fully saturated rings. The number of oxazole rings is 1. The molecule has 0 bridgehead atoms. The zero-order chi connectivity index (χ0) is 16.3. The fraction of sp³-hybridized carbons (Fsp3) is 0.375. The van der Waals surface area contributed by atoms with Crippen LogP contribution in [0, 0.1) is 13.8 Å². The lowest BCUT2D eigenvalue weighted by Gasteiger charge is -2.11. The van der Waals surface area contributed by atoms with E-state index in [1.807, 2.05) is 20.8 Å². The number of rotatable bonds is 6. The van der Waals surface area contributed by atoms with Crippen LogP contribution in [0.4, 0.5) is 0 Å². The van der Waals surface area contributed by atoms with Gasteiger partial charge >= 0.3 is 0 Å². The van der Waals surface area contributed by atoms with E-state index in [2.05, 4.69) is 4.98 Å². The number of hydrogen-bond donors (Lipinski definition) is 0. The largest absolute Gasteiger partial charge is 0.493 e. The molecule has 5 nitrogen and oxygen atoms in total. The Balaban J connectivity index is 2.16. The third-order valence-corrected chi connectivity index (χ3v) is 4.27. The highest BCUT2D eigenvalue weighted by molar-refractivity contribution is 8.00. The molecule has 0 N–H and O–H groups in total. The molecule has 0 saturated carbocycles. The summed E-state index contributed by atoms with van der Waals surface area (Å²) in [5.74, 6) is 1.89. The van der Waals surface area contributed by atoms with Crippen molar-refractivity contribution in [1.29, 1.82) is 0 Å². The average molecular weight is 321 g/mol. The Morgan fingerprint density at radius 3 is 2.45 bits per heavy atom. The molecule has 1 heterocycles. The average Bonchev–Trinajstić information content (AvgIpc) is 2.83. The molecule has 0 radical (unpaired) electrons. The summed E-state index contributed by atoms with van der Waals surface area (Å²) < 4.78 is 15.9. The van der Waals surface area contributed by atoms with Gasteiger partial charge in [0.1, 0.15) is 5.76 Å².